The summed E-state index contributed by atoms with van der Waals surface area (Å²) >= 11 is 0. The van der Waals surface area contributed by atoms with Gasteiger partial charge in [0.05, 0.1) is 19.3 Å². The van der Waals surface area contributed by atoms with Crippen LogP contribution in [-0.4, -0.2) is 31.3 Å². The van der Waals surface area contributed by atoms with Crippen molar-refractivity contribution >= 4 is 5.91 Å². The van der Waals surface area contributed by atoms with Gasteiger partial charge in [0.1, 0.15) is 6.10 Å². The highest BCUT2D eigenvalue weighted by Gasteiger charge is 2.27. The second-order valence-electron chi connectivity index (χ2n) is 4.51. The van der Waals surface area contributed by atoms with Gasteiger partial charge in [-0.1, -0.05) is 30.3 Å². The van der Waals surface area contributed by atoms with Crippen LogP contribution in [0.25, 0.3) is 0 Å². The first kappa shape index (κ1) is 13.1. The fourth-order valence-electron chi connectivity index (χ4n) is 2.08. The maximum Gasteiger partial charge on any atom is 0.217 e. The number of hydrogen-bond donors (Lipinski definition) is 1. The molecule has 4 nitrogen and oxygen atoms in total. The van der Waals surface area contributed by atoms with E-state index in [1.807, 2.05) is 30.3 Å². The monoisotopic (exact) mass is 249 g/mol. The molecular weight excluding hydrogens is 230 g/mol. The molecule has 1 saturated heterocycles. The van der Waals surface area contributed by atoms with E-state index in [9.17, 15) is 4.79 Å². The van der Waals surface area contributed by atoms with Gasteiger partial charge in [-0.3, -0.25) is 4.79 Å². The number of nitrogens with one attached hydrogen (secondary N) is 1. The van der Waals surface area contributed by atoms with E-state index in [4.69, 9.17) is 9.47 Å². The highest BCUT2D eigenvalue weighted by molar-refractivity contribution is 5.73. The van der Waals surface area contributed by atoms with Crippen molar-refractivity contribution in [1.82, 2.24) is 5.32 Å². The molecule has 1 heterocycles. The van der Waals surface area contributed by atoms with Gasteiger partial charge in [0.15, 0.2) is 0 Å². The molecule has 1 N–H and O–H groups in total. The Morgan fingerprint density at radius 1 is 1.44 bits per heavy atom. The summed E-state index contributed by atoms with van der Waals surface area (Å²) in [6, 6.07) is 10.1. The lowest BCUT2D eigenvalue weighted by atomic mass is 10.1. The minimum absolute atomic E-state index is 0.0183. The van der Waals surface area contributed by atoms with Crippen molar-refractivity contribution in [2.45, 2.75) is 32.1 Å². The smallest absolute Gasteiger partial charge is 0.217 e. The van der Waals surface area contributed by atoms with Crippen LogP contribution in [0, 0.1) is 0 Å². The topological polar surface area (TPSA) is 47.6 Å². The van der Waals surface area contributed by atoms with Gasteiger partial charge < -0.3 is 14.8 Å². The fraction of sp³-hybridized carbons (Fsp3) is 0.500. The first-order valence-corrected chi connectivity index (χ1v) is 6.26. The molecule has 18 heavy (non-hydrogen) atoms. The average molecular weight is 249 g/mol. The number of benzene rings is 1. The molecule has 1 aliphatic heterocycles. The van der Waals surface area contributed by atoms with Crippen LogP contribution in [0.2, 0.25) is 0 Å². The number of ether oxygens (including phenoxy) is 2. The molecule has 98 valence electrons. The van der Waals surface area contributed by atoms with Crippen molar-refractivity contribution in [1.29, 1.82) is 0 Å². The largest absolute Gasteiger partial charge is 0.379 e. The van der Waals surface area contributed by atoms with Crippen molar-refractivity contribution in [2.75, 3.05) is 13.2 Å². The van der Waals surface area contributed by atoms with Gasteiger partial charge in [-0.2, -0.15) is 0 Å². The number of hydrogen-bond acceptors (Lipinski definition) is 3. The van der Waals surface area contributed by atoms with Crippen molar-refractivity contribution < 1.29 is 14.3 Å². The Balaban J connectivity index is 1.87. The molecule has 0 bridgehead atoms. The molecule has 0 radical (unpaired) electrons. The highest BCUT2D eigenvalue weighted by atomic mass is 16.5. The maximum atomic E-state index is 11.1. The molecule has 0 aromatic heterocycles. The Hall–Kier alpha value is -1.39. The lowest BCUT2D eigenvalue weighted by Gasteiger charge is -2.31. The predicted molar refractivity (Wildman–Crippen MR) is 68.1 cm³/mol. The number of amides is 1. The van der Waals surface area contributed by atoms with Gasteiger partial charge in [-0.05, 0) is 12.0 Å². The summed E-state index contributed by atoms with van der Waals surface area (Å²) < 4.78 is 11.2. The minimum atomic E-state index is -0.0668. The Kier molecular flexibility index (Phi) is 4.73. The van der Waals surface area contributed by atoms with Gasteiger partial charge in [-0.25, -0.2) is 0 Å². The normalized spacial score (nSPS) is 23.6. The molecule has 0 spiro atoms. The van der Waals surface area contributed by atoms with Crippen LogP contribution in [0.4, 0.5) is 0 Å². The summed E-state index contributed by atoms with van der Waals surface area (Å²) in [7, 11) is 0. The van der Waals surface area contributed by atoms with Gasteiger partial charge in [-0.15, -0.1) is 0 Å². The average Bonchev–Trinajstić information content (AvgIpc) is 2.38. The first-order valence-electron chi connectivity index (χ1n) is 6.26. The zero-order valence-electron chi connectivity index (χ0n) is 10.6. The van der Waals surface area contributed by atoms with E-state index >= 15 is 0 Å². The van der Waals surface area contributed by atoms with Gasteiger partial charge in [0.25, 0.3) is 0 Å². The Bertz CT molecular complexity index is 380. The molecule has 1 aromatic carbocycles. The zero-order valence-corrected chi connectivity index (χ0v) is 10.6. The molecular formula is C14H19NO3. The van der Waals surface area contributed by atoms with E-state index in [1.54, 1.807) is 0 Å². The molecule has 4 heteroatoms. The van der Waals surface area contributed by atoms with Crippen LogP contribution in [-0.2, 0) is 20.9 Å². The second-order valence-corrected chi connectivity index (χ2v) is 4.51. The number of carbonyl (C=O) groups is 1. The summed E-state index contributed by atoms with van der Waals surface area (Å²) in [6.07, 6.45) is 0.738. The molecule has 1 aromatic rings. The standard InChI is InChI=1S/C14H19NO3/c1-11(16)15-13-7-8-17-10-14(13)18-9-12-5-3-2-4-6-12/h2-6,13-14H,7-10H2,1H3,(H,15,16). The lowest BCUT2D eigenvalue weighted by Crippen LogP contribution is -2.49. The van der Waals surface area contributed by atoms with E-state index in [0.29, 0.717) is 19.8 Å². The SMILES string of the molecule is CC(=O)NC1CCOCC1OCc1ccccc1. The van der Waals surface area contributed by atoms with Gasteiger partial charge >= 0.3 is 0 Å². The van der Waals surface area contributed by atoms with Gasteiger partial charge in [0.2, 0.25) is 5.91 Å². The maximum absolute atomic E-state index is 11.1. The van der Waals surface area contributed by atoms with Crippen LogP contribution >= 0.6 is 0 Å². The van der Waals surface area contributed by atoms with Crippen molar-refractivity contribution in [3.8, 4) is 0 Å². The van der Waals surface area contributed by atoms with Gasteiger partial charge in [0, 0.05) is 13.5 Å². The van der Waals surface area contributed by atoms with Crippen LogP contribution in [0.1, 0.15) is 18.9 Å². The van der Waals surface area contributed by atoms with Crippen LogP contribution in [0.15, 0.2) is 30.3 Å². The third-order valence-electron chi connectivity index (χ3n) is 3.00. The Morgan fingerprint density at radius 3 is 2.94 bits per heavy atom. The fourth-order valence-corrected chi connectivity index (χ4v) is 2.08. The molecule has 1 amide bonds. The zero-order chi connectivity index (χ0) is 12.8. The third-order valence-corrected chi connectivity index (χ3v) is 3.00. The van der Waals surface area contributed by atoms with Crippen LogP contribution in [0.5, 0.6) is 0 Å². The van der Waals surface area contributed by atoms with E-state index in [0.717, 1.165) is 12.0 Å². The molecule has 0 aliphatic carbocycles. The van der Waals surface area contributed by atoms with E-state index in [1.165, 1.54) is 6.92 Å². The number of carbonyl (C=O) groups excluding carboxylic acids is 1. The number of rotatable bonds is 4. The van der Waals surface area contributed by atoms with Crippen molar-refractivity contribution in [3.05, 3.63) is 35.9 Å². The first-order chi connectivity index (χ1) is 8.75. The second kappa shape index (κ2) is 6.52. The summed E-state index contributed by atoms with van der Waals surface area (Å²) in [5, 5.41) is 2.92. The van der Waals surface area contributed by atoms with E-state index in [-0.39, 0.29) is 18.1 Å². The molecule has 2 unspecified atom stereocenters. The van der Waals surface area contributed by atoms with Crippen LogP contribution in [0.3, 0.4) is 0 Å². The summed E-state index contributed by atoms with van der Waals surface area (Å²) in [4.78, 5) is 11.1. The summed E-state index contributed by atoms with van der Waals surface area (Å²) in [5.41, 5.74) is 1.13. The third kappa shape index (κ3) is 3.82. The Labute approximate surface area is 107 Å². The predicted octanol–water partition coefficient (Wildman–Crippen LogP) is 1.50. The quantitative estimate of drug-likeness (QED) is 0.879. The molecule has 1 aliphatic rings. The lowest BCUT2D eigenvalue weighted by molar-refractivity contribution is -0.124. The van der Waals surface area contributed by atoms with E-state index in [2.05, 4.69) is 5.32 Å². The molecule has 2 rings (SSSR count). The minimum Gasteiger partial charge on any atom is -0.379 e. The molecule has 0 saturated carbocycles. The molecule has 2 atom stereocenters. The van der Waals surface area contributed by atoms with Crippen LogP contribution < -0.4 is 5.32 Å². The van der Waals surface area contributed by atoms with Crippen molar-refractivity contribution in [2.24, 2.45) is 0 Å². The highest BCUT2D eigenvalue weighted by Crippen LogP contribution is 2.13. The summed E-state index contributed by atoms with van der Waals surface area (Å²) in [6.45, 7) is 3.29. The summed E-state index contributed by atoms with van der Waals surface area (Å²) in [5.74, 6) is -0.0183. The van der Waals surface area contributed by atoms with E-state index < -0.39 is 0 Å². The van der Waals surface area contributed by atoms with Crippen molar-refractivity contribution in [3.63, 3.8) is 0 Å². The Morgan fingerprint density at radius 2 is 2.22 bits per heavy atom. The molecule has 1 fully saturated rings.